The van der Waals surface area contributed by atoms with Gasteiger partial charge in [-0.15, -0.1) is 0 Å². The van der Waals surface area contributed by atoms with Crippen molar-refractivity contribution < 1.29 is 32.6 Å². The summed E-state index contributed by atoms with van der Waals surface area (Å²) in [7, 11) is 1.35. The lowest BCUT2D eigenvalue weighted by Crippen LogP contribution is -2.50. The van der Waals surface area contributed by atoms with Gasteiger partial charge in [-0.1, -0.05) is 32.0 Å². The second-order valence-corrected chi connectivity index (χ2v) is 8.08. The Morgan fingerprint density at radius 2 is 1.67 bits per heavy atom. The maximum absolute atomic E-state index is 13.0. The SMILES string of the molecule is COc1cc(CCNC(=O)[C@@H](CC(C)C)N2C(=O)c3ccccc3C2=O)ccc1OC(F)F. The van der Waals surface area contributed by atoms with Crippen molar-refractivity contribution in [3.05, 3.63) is 59.2 Å². The Labute approximate surface area is 190 Å². The quantitative estimate of drug-likeness (QED) is 0.547. The second kappa shape index (κ2) is 10.4. The van der Waals surface area contributed by atoms with Crippen molar-refractivity contribution in [2.75, 3.05) is 13.7 Å². The lowest BCUT2D eigenvalue weighted by molar-refractivity contribution is -0.125. The Morgan fingerprint density at radius 1 is 1.03 bits per heavy atom. The molecule has 3 amide bonds. The largest absolute Gasteiger partial charge is 0.493 e. The van der Waals surface area contributed by atoms with E-state index in [2.05, 4.69) is 10.1 Å². The van der Waals surface area contributed by atoms with Crippen LogP contribution in [-0.4, -0.2) is 48.9 Å². The van der Waals surface area contributed by atoms with E-state index in [1.54, 1.807) is 36.4 Å². The van der Waals surface area contributed by atoms with Crippen LogP contribution in [0.4, 0.5) is 8.78 Å². The van der Waals surface area contributed by atoms with Crippen LogP contribution in [0.5, 0.6) is 11.5 Å². The zero-order valence-corrected chi connectivity index (χ0v) is 18.6. The fourth-order valence-electron chi connectivity index (χ4n) is 3.78. The molecule has 33 heavy (non-hydrogen) atoms. The molecule has 0 fully saturated rings. The molecular formula is C24H26F2N2O5. The third-order valence-electron chi connectivity index (χ3n) is 5.29. The first-order chi connectivity index (χ1) is 15.7. The van der Waals surface area contributed by atoms with E-state index in [9.17, 15) is 23.2 Å². The molecule has 3 rings (SSSR count). The molecule has 1 aliphatic heterocycles. The van der Waals surface area contributed by atoms with Gasteiger partial charge in [0.2, 0.25) is 5.91 Å². The minimum Gasteiger partial charge on any atom is -0.493 e. The highest BCUT2D eigenvalue weighted by atomic mass is 19.3. The predicted octanol–water partition coefficient (Wildman–Crippen LogP) is 3.67. The summed E-state index contributed by atoms with van der Waals surface area (Å²) in [5.41, 5.74) is 1.32. The minimum absolute atomic E-state index is 0.0664. The van der Waals surface area contributed by atoms with Crippen LogP contribution in [0.25, 0.3) is 0 Å². The number of nitrogens with one attached hydrogen (secondary N) is 1. The summed E-state index contributed by atoms with van der Waals surface area (Å²) >= 11 is 0. The number of fused-ring (bicyclic) bond motifs is 1. The number of ether oxygens (including phenoxy) is 2. The number of amides is 3. The van der Waals surface area contributed by atoms with Crippen molar-refractivity contribution in [1.82, 2.24) is 10.2 Å². The van der Waals surface area contributed by atoms with E-state index in [1.807, 2.05) is 13.8 Å². The van der Waals surface area contributed by atoms with Crippen LogP contribution in [0.15, 0.2) is 42.5 Å². The van der Waals surface area contributed by atoms with Gasteiger partial charge in [0, 0.05) is 6.54 Å². The van der Waals surface area contributed by atoms with Crippen molar-refractivity contribution in [2.45, 2.75) is 39.3 Å². The number of alkyl halides is 2. The second-order valence-electron chi connectivity index (χ2n) is 8.08. The number of imide groups is 1. The molecule has 0 aromatic heterocycles. The number of carbonyl (C=O) groups is 3. The molecule has 1 heterocycles. The molecule has 1 atom stereocenters. The molecule has 2 aromatic carbocycles. The summed E-state index contributed by atoms with van der Waals surface area (Å²) in [5, 5.41) is 2.79. The summed E-state index contributed by atoms with van der Waals surface area (Å²) in [6.07, 6.45) is 0.707. The number of benzene rings is 2. The van der Waals surface area contributed by atoms with Crippen LogP contribution in [0, 0.1) is 5.92 Å². The van der Waals surface area contributed by atoms with Crippen LogP contribution < -0.4 is 14.8 Å². The van der Waals surface area contributed by atoms with Crippen molar-refractivity contribution in [3.8, 4) is 11.5 Å². The molecule has 7 nitrogen and oxygen atoms in total. The zero-order valence-electron chi connectivity index (χ0n) is 18.6. The fourth-order valence-corrected chi connectivity index (χ4v) is 3.78. The van der Waals surface area contributed by atoms with Crippen LogP contribution in [-0.2, 0) is 11.2 Å². The molecular weight excluding hydrogens is 434 g/mol. The highest BCUT2D eigenvalue weighted by Gasteiger charge is 2.42. The minimum atomic E-state index is -2.97. The van der Waals surface area contributed by atoms with E-state index >= 15 is 0 Å². The van der Waals surface area contributed by atoms with Gasteiger partial charge in [-0.05, 0) is 48.6 Å². The first-order valence-electron chi connectivity index (χ1n) is 10.6. The molecule has 0 saturated carbocycles. The van der Waals surface area contributed by atoms with E-state index in [4.69, 9.17) is 4.74 Å². The molecule has 0 saturated heterocycles. The first-order valence-corrected chi connectivity index (χ1v) is 10.6. The highest BCUT2D eigenvalue weighted by molar-refractivity contribution is 6.22. The number of methoxy groups -OCH3 is 1. The number of rotatable bonds is 10. The maximum atomic E-state index is 13.0. The van der Waals surface area contributed by atoms with Crippen molar-refractivity contribution >= 4 is 17.7 Å². The predicted molar refractivity (Wildman–Crippen MR) is 117 cm³/mol. The number of hydrogen-bond donors (Lipinski definition) is 1. The van der Waals surface area contributed by atoms with Crippen LogP contribution in [0.2, 0.25) is 0 Å². The number of carbonyl (C=O) groups excluding carboxylic acids is 3. The van der Waals surface area contributed by atoms with Gasteiger partial charge in [0.05, 0.1) is 18.2 Å². The average Bonchev–Trinajstić information content (AvgIpc) is 3.02. The lowest BCUT2D eigenvalue weighted by atomic mass is 10.0. The molecule has 0 spiro atoms. The van der Waals surface area contributed by atoms with Gasteiger partial charge in [0.25, 0.3) is 11.8 Å². The lowest BCUT2D eigenvalue weighted by Gasteiger charge is -2.26. The number of nitrogens with zero attached hydrogens (tertiary/aromatic N) is 1. The number of hydrogen-bond acceptors (Lipinski definition) is 5. The Kier molecular flexibility index (Phi) is 7.63. The van der Waals surface area contributed by atoms with Crippen LogP contribution in [0.3, 0.4) is 0 Å². The van der Waals surface area contributed by atoms with E-state index < -0.39 is 30.4 Å². The molecule has 0 radical (unpaired) electrons. The topological polar surface area (TPSA) is 84.9 Å². The smallest absolute Gasteiger partial charge is 0.387 e. The third kappa shape index (κ3) is 5.47. The van der Waals surface area contributed by atoms with Gasteiger partial charge in [0.1, 0.15) is 6.04 Å². The molecule has 1 N–H and O–H groups in total. The van der Waals surface area contributed by atoms with Crippen molar-refractivity contribution in [3.63, 3.8) is 0 Å². The molecule has 1 aliphatic rings. The standard InChI is InChI=1S/C24H26F2N2O5/c1-14(2)12-18(28-22(30)16-6-4-5-7-17(16)23(28)31)21(29)27-11-10-15-8-9-19(33-24(25)26)20(13-15)32-3/h4-9,13-14,18,24H,10-12H2,1-3H3,(H,27,29)/t18-/m1/s1. The molecule has 176 valence electrons. The van der Waals surface area contributed by atoms with E-state index in [-0.39, 0.29) is 24.0 Å². The summed E-state index contributed by atoms with van der Waals surface area (Å²) in [5.74, 6) is -1.24. The van der Waals surface area contributed by atoms with Crippen LogP contribution in [0.1, 0.15) is 46.5 Å². The highest BCUT2D eigenvalue weighted by Crippen LogP contribution is 2.30. The van der Waals surface area contributed by atoms with E-state index in [0.717, 1.165) is 10.5 Å². The zero-order chi connectivity index (χ0) is 24.1. The Bertz CT molecular complexity index is 1010. The molecule has 2 aromatic rings. The van der Waals surface area contributed by atoms with E-state index in [1.165, 1.54) is 13.2 Å². The van der Waals surface area contributed by atoms with Gasteiger partial charge in [-0.2, -0.15) is 8.78 Å². The summed E-state index contributed by atoms with van der Waals surface area (Å²) < 4.78 is 34.5. The number of halogens is 2. The molecule has 0 aliphatic carbocycles. The van der Waals surface area contributed by atoms with Gasteiger partial charge >= 0.3 is 6.61 Å². The first kappa shape index (κ1) is 24.2. The monoisotopic (exact) mass is 460 g/mol. The summed E-state index contributed by atoms with van der Waals surface area (Å²) in [4.78, 5) is 39.8. The Hall–Kier alpha value is -3.49. The fraction of sp³-hybridized carbons (Fsp3) is 0.375. The third-order valence-corrected chi connectivity index (χ3v) is 5.29. The Morgan fingerprint density at radius 3 is 2.21 bits per heavy atom. The van der Waals surface area contributed by atoms with Gasteiger partial charge < -0.3 is 14.8 Å². The van der Waals surface area contributed by atoms with Gasteiger partial charge in [-0.25, -0.2) is 0 Å². The van der Waals surface area contributed by atoms with Gasteiger partial charge in [-0.3, -0.25) is 19.3 Å². The molecule has 0 bridgehead atoms. The Balaban J connectivity index is 1.68. The summed E-state index contributed by atoms with van der Waals surface area (Å²) in [6, 6.07) is 10.1. The van der Waals surface area contributed by atoms with E-state index in [0.29, 0.717) is 24.0 Å². The van der Waals surface area contributed by atoms with Gasteiger partial charge in [0.15, 0.2) is 11.5 Å². The molecule has 9 heteroatoms. The molecule has 0 unspecified atom stereocenters. The average molecular weight is 460 g/mol. The summed E-state index contributed by atoms with van der Waals surface area (Å²) in [6.45, 7) is 1.07. The maximum Gasteiger partial charge on any atom is 0.387 e. The van der Waals surface area contributed by atoms with Crippen molar-refractivity contribution in [2.24, 2.45) is 5.92 Å². The van der Waals surface area contributed by atoms with Crippen molar-refractivity contribution in [1.29, 1.82) is 0 Å². The normalized spacial score (nSPS) is 14.0. The van der Waals surface area contributed by atoms with Crippen LogP contribution >= 0.6 is 0 Å².